The minimum Gasteiger partial charge on any atom is -0.361 e. The number of pyridine rings is 1. The van der Waals surface area contributed by atoms with Crippen LogP contribution in [0.3, 0.4) is 0 Å². The molecule has 130 valence electrons. The van der Waals surface area contributed by atoms with Gasteiger partial charge in [0.05, 0.1) is 5.02 Å². The highest BCUT2D eigenvalue weighted by molar-refractivity contribution is 6.30. The van der Waals surface area contributed by atoms with Crippen LogP contribution >= 0.6 is 11.6 Å². The predicted octanol–water partition coefficient (Wildman–Crippen LogP) is 5.12. The number of halogens is 1. The Morgan fingerprint density at radius 1 is 1.08 bits per heavy atom. The van der Waals surface area contributed by atoms with Gasteiger partial charge in [0.1, 0.15) is 12.0 Å². The second-order valence-electron chi connectivity index (χ2n) is 6.46. The lowest BCUT2D eigenvalue weighted by atomic mass is 10.1. The number of benzene rings is 2. The first-order chi connectivity index (χ1) is 12.5. The Bertz CT molecular complexity index is 985. The average Bonchev–Trinajstić information content (AvgIpc) is 2.91. The summed E-state index contributed by atoms with van der Waals surface area (Å²) in [5, 5.41) is 4.06. The molecule has 3 aromatic rings. The van der Waals surface area contributed by atoms with Crippen LogP contribution in [0.15, 0.2) is 60.8 Å². The summed E-state index contributed by atoms with van der Waals surface area (Å²) >= 11 is 5.96. The Morgan fingerprint density at radius 2 is 1.88 bits per heavy atom. The van der Waals surface area contributed by atoms with Gasteiger partial charge in [0.2, 0.25) is 0 Å². The standard InChI is InChI=1S/C21H18ClN3O/c1-13-7-9-18(14(2)11-13)24-20-16-5-3-4-6-17(16)21(26)25(20)19-10-8-15(22)12-23-19/h3-12,20,24H,1-2H3/t20-/m1/s1. The number of aromatic nitrogens is 1. The van der Waals surface area contributed by atoms with Crippen molar-refractivity contribution in [2.75, 3.05) is 10.2 Å². The summed E-state index contributed by atoms with van der Waals surface area (Å²) in [5.41, 5.74) is 4.95. The fourth-order valence-corrected chi connectivity index (χ4v) is 3.44. The molecule has 2 heterocycles. The zero-order chi connectivity index (χ0) is 18.3. The molecule has 1 aliphatic rings. The van der Waals surface area contributed by atoms with Crippen LogP contribution in [0, 0.1) is 13.8 Å². The fourth-order valence-electron chi connectivity index (χ4n) is 3.33. The van der Waals surface area contributed by atoms with E-state index in [1.165, 1.54) is 5.56 Å². The largest absolute Gasteiger partial charge is 0.361 e. The van der Waals surface area contributed by atoms with Gasteiger partial charge in [-0.1, -0.05) is 47.5 Å². The minimum atomic E-state index is -0.325. The molecule has 1 N–H and O–H groups in total. The Kier molecular flexibility index (Phi) is 4.13. The number of hydrogen-bond donors (Lipinski definition) is 1. The maximum Gasteiger partial charge on any atom is 0.261 e. The number of aryl methyl sites for hydroxylation is 2. The Balaban J connectivity index is 1.79. The van der Waals surface area contributed by atoms with E-state index in [4.69, 9.17) is 11.6 Å². The first kappa shape index (κ1) is 16.6. The molecular formula is C21H18ClN3O. The molecular weight excluding hydrogens is 346 g/mol. The molecule has 1 aromatic heterocycles. The van der Waals surface area contributed by atoms with Crippen molar-refractivity contribution < 1.29 is 4.79 Å². The van der Waals surface area contributed by atoms with Gasteiger partial charge in [-0.2, -0.15) is 0 Å². The number of nitrogens with zero attached hydrogens (tertiary/aromatic N) is 2. The second-order valence-corrected chi connectivity index (χ2v) is 6.90. The summed E-state index contributed by atoms with van der Waals surface area (Å²) < 4.78 is 0. The van der Waals surface area contributed by atoms with E-state index in [1.54, 1.807) is 23.2 Å². The van der Waals surface area contributed by atoms with Crippen LogP contribution in [-0.2, 0) is 0 Å². The molecule has 1 amide bonds. The van der Waals surface area contributed by atoms with Gasteiger partial charge in [-0.05, 0) is 43.7 Å². The third-order valence-electron chi connectivity index (χ3n) is 4.60. The summed E-state index contributed by atoms with van der Waals surface area (Å²) in [5.74, 6) is 0.496. The molecule has 0 aliphatic carbocycles. The quantitative estimate of drug-likeness (QED) is 0.702. The minimum absolute atomic E-state index is 0.0716. The van der Waals surface area contributed by atoms with Gasteiger partial charge in [-0.3, -0.25) is 9.69 Å². The normalized spacial score (nSPS) is 15.9. The molecule has 4 rings (SSSR count). The van der Waals surface area contributed by atoms with Gasteiger partial charge < -0.3 is 5.32 Å². The lowest BCUT2D eigenvalue weighted by Crippen LogP contribution is -2.33. The molecule has 1 atom stereocenters. The van der Waals surface area contributed by atoms with Crippen molar-refractivity contribution in [1.82, 2.24) is 4.98 Å². The lowest BCUT2D eigenvalue weighted by molar-refractivity contribution is 0.0992. The van der Waals surface area contributed by atoms with Crippen molar-refractivity contribution in [3.8, 4) is 0 Å². The summed E-state index contributed by atoms with van der Waals surface area (Å²) in [6.45, 7) is 4.12. The van der Waals surface area contributed by atoms with E-state index >= 15 is 0 Å². The van der Waals surface area contributed by atoms with Crippen molar-refractivity contribution in [1.29, 1.82) is 0 Å². The van der Waals surface area contributed by atoms with Crippen molar-refractivity contribution in [2.24, 2.45) is 0 Å². The molecule has 0 bridgehead atoms. The van der Waals surface area contributed by atoms with Crippen LogP contribution in [0.5, 0.6) is 0 Å². The van der Waals surface area contributed by atoms with E-state index in [2.05, 4.69) is 36.3 Å². The second kappa shape index (κ2) is 6.46. The van der Waals surface area contributed by atoms with E-state index in [9.17, 15) is 4.79 Å². The average molecular weight is 364 g/mol. The van der Waals surface area contributed by atoms with Crippen LogP contribution in [0.4, 0.5) is 11.5 Å². The van der Waals surface area contributed by atoms with E-state index in [0.29, 0.717) is 16.4 Å². The summed E-state index contributed by atoms with van der Waals surface area (Å²) in [4.78, 5) is 19.1. The zero-order valence-electron chi connectivity index (χ0n) is 14.5. The Labute approximate surface area is 157 Å². The van der Waals surface area contributed by atoms with Gasteiger partial charge in [-0.25, -0.2) is 4.98 Å². The number of nitrogens with one attached hydrogen (secondary N) is 1. The SMILES string of the molecule is Cc1ccc(N[C@H]2c3ccccc3C(=O)N2c2ccc(Cl)cn2)c(C)c1. The molecule has 0 spiro atoms. The molecule has 0 fully saturated rings. The number of carbonyl (C=O) groups excluding carboxylic acids is 1. The van der Waals surface area contributed by atoms with E-state index < -0.39 is 0 Å². The molecule has 26 heavy (non-hydrogen) atoms. The molecule has 5 heteroatoms. The highest BCUT2D eigenvalue weighted by Gasteiger charge is 2.38. The third-order valence-corrected chi connectivity index (χ3v) is 4.82. The van der Waals surface area contributed by atoms with E-state index in [-0.39, 0.29) is 12.1 Å². The molecule has 4 nitrogen and oxygen atoms in total. The van der Waals surface area contributed by atoms with E-state index in [0.717, 1.165) is 16.8 Å². The fraction of sp³-hybridized carbons (Fsp3) is 0.143. The van der Waals surface area contributed by atoms with Crippen LogP contribution < -0.4 is 10.2 Å². The van der Waals surface area contributed by atoms with Gasteiger partial charge in [-0.15, -0.1) is 0 Å². The smallest absolute Gasteiger partial charge is 0.261 e. The number of amides is 1. The maximum atomic E-state index is 13.0. The van der Waals surface area contributed by atoms with Gasteiger partial charge in [0.25, 0.3) is 5.91 Å². The summed E-state index contributed by atoms with van der Waals surface area (Å²) in [7, 11) is 0. The van der Waals surface area contributed by atoms with Gasteiger partial charge >= 0.3 is 0 Å². The van der Waals surface area contributed by atoms with Gasteiger partial charge in [0, 0.05) is 23.0 Å². The Hall–Kier alpha value is -2.85. The van der Waals surface area contributed by atoms with Crippen molar-refractivity contribution in [2.45, 2.75) is 20.0 Å². The molecule has 0 saturated heterocycles. The first-order valence-electron chi connectivity index (χ1n) is 8.42. The number of rotatable bonds is 3. The molecule has 0 saturated carbocycles. The highest BCUT2D eigenvalue weighted by atomic mass is 35.5. The lowest BCUT2D eigenvalue weighted by Gasteiger charge is -2.27. The molecule has 1 aliphatic heterocycles. The molecule has 0 unspecified atom stereocenters. The third kappa shape index (κ3) is 2.82. The number of carbonyl (C=O) groups is 1. The molecule has 2 aromatic carbocycles. The van der Waals surface area contributed by atoms with Crippen LogP contribution in [-0.4, -0.2) is 10.9 Å². The highest BCUT2D eigenvalue weighted by Crippen LogP contribution is 2.37. The van der Waals surface area contributed by atoms with Crippen LogP contribution in [0.25, 0.3) is 0 Å². The topological polar surface area (TPSA) is 45.2 Å². The van der Waals surface area contributed by atoms with Gasteiger partial charge in [0.15, 0.2) is 0 Å². The molecule has 0 radical (unpaired) electrons. The van der Waals surface area contributed by atoms with Crippen LogP contribution in [0.1, 0.15) is 33.2 Å². The maximum absolute atomic E-state index is 13.0. The zero-order valence-corrected chi connectivity index (χ0v) is 15.3. The number of anilines is 2. The van der Waals surface area contributed by atoms with Crippen LogP contribution in [0.2, 0.25) is 5.02 Å². The van der Waals surface area contributed by atoms with Crippen molar-refractivity contribution in [3.05, 3.63) is 88.1 Å². The Morgan fingerprint density at radius 3 is 2.62 bits per heavy atom. The number of fused-ring (bicyclic) bond motifs is 1. The van der Waals surface area contributed by atoms with Crippen molar-refractivity contribution >= 4 is 29.0 Å². The van der Waals surface area contributed by atoms with Crippen molar-refractivity contribution in [3.63, 3.8) is 0 Å². The summed E-state index contributed by atoms with van der Waals surface area (Å²) in [6.07, 6.45) is 1.23. The first-order valence-corrected chi connectivity index (χ1v) is 8.80. The number of hydrogen-bond acceptors (Lipinski definition) is 3. The summed E-state index contributed by atoms with van der Waals surface area (Å²) in [6, 6.07) is 17.4. The van der Waals surface area contributed by atoms with E-state index in [1.807, 2.05) is 30.3 Å². The predicted molar refractivity (Wildman–Crippen MR) is 105 cm³/mol. The monoisotopic (exact) mass is 363 g/mol.